The predicted octanol–water partition coefficient (Wildman–Crippen LogP) is 0.893. The molecule has 0 aromatic rings. The minimum atomic E-state index is -0.253. The fourth-order valence-corrected chi connectivity index (χ4v) is 1.84. The Morgan fingerprint density at radius 1 is 1.71 bits per heavy atom. The van der Waals surface area contributed by atoms with Gasteiger partial charge in [0.25, 0.3) is 0 Å². The van der Waals surface area contributed by atoms with Gasteiger partial charge in [-0.25, -0.2) is 0 Å². The molecule has 1 heterocycles. The van der Waals surface area contributed by atoms with E-state index >= 15 is 0 Å². The quantitative estimate of drug-likeness (QED) is 0.626. The van der Waals surface area contributed by atoms with Crippen molar-refractivity contribution >= 4 is 5.91 Å². The average molecular weight is 195 g/mol. The van der Waals surface area contributed by atoms with Gasteiger partial charge in [-0.3, -0.25) is 4.79 Å². The summed E-state index contributed by atoms with van der Waals surface area (Å²) in [5.74, 6) is 2.84. The van der Waals surface area contributed by atoms with Gasteiger partial charge in [0.05, 0.1) is 12.1 Å². The third-order valence-electron chi connectivity index (χ3n) is 2.59. The first-order valence-corrected chi connectivity index (χ1v) is 4.77. The molecule has 0 radical (unpaired) electrons. The molecular weight excluding hydrogens is 178 g/mol. The molecule has 0 saturated carbocycles. The van der Waals surface area contributed by atoms with Crippen molar-refractivity contribution < 1.29 is 9.53 Å². The molecule has 0 spiro atoms. The largest absolute Gasteiger partial charge is 0.382 e. The molecular formula is C11H17NO2. The van der Waals surface area contributed by atoms with Gasteiger partial charge in [-0.2, -0.15) is 0 Å². The van der Waals surface area contributed by atoms with Crippen LogP contribution in [0, 0.1) is 18.3 Å². The van der Waals surface area contributed by atoms with Gasteiger partial charge in [0.1, 0.15) is 0 Å². The number of rotatable bonds is 3. The maximum Gasteiger partial charge on any atom is 0.224 e. The molecule has 0 bridgehead atoms. The zero-order valence-electron chi connectivity index (χ0n) is 9.04. The number of hydrogen-bond donors (Lipinski definition) is 0. The Hall–Kier alpha value is -1.01. The number of carbonyl (C=O) groups is 1. The predicted molar refractivity (Wildman–Crippen MR) is 54.6 cm³/mol. The number of ether oxygens (including phenoxy) is 1. The molecule has 14 heavy (non-hydrogen) atoms. The summed E-state index contributed by atoms with van der Waals surface area (Å²) in [6.07, 6.45) is 5.79. The molecule has 1 amide bonds. The Labute approximate surface area is 85.4 Å². The second-order valence-corrected chi connectivity index (χ2v) is 4.32. The molecule has 1 rings (SSSR count). The van der Waals surface area contributed by atoms with E-state index in [1.54, 1.807) is 7.11 Å². The molecule has 1 aliphatic rings. The van der Waals surface area contributed by atoms with Crippen LogP contribution in [0.2, 0.25) is 0 Å². The summed E-state index contributed by atoms with van der Waals surface area (Å²) in [6, 6.07) is 0. The van der Waals surface area contributed by atoms with Crippen LogP contribution in [0.15, 0.2) is 0 Å². The van der Waals surface area contributed by atoms with Crippen molar-refractivity contribution in [1.82, 2.24) is 4.90 Å². The van der Waals surface area contributed by atoms with Crippen molar-refractivity contribution in [2.24, 2.45) is 5.92 Å². The zero-order chi connectivity index (χ0) is 10.8. The number of methoxy groups -OCH3 is 1. The molecule has 1 aliphatic heterocycles. The van der Waals surface area contributed by atoms with Crippen LogP contribution in [-0.4, -0.2) is 36.6 Å². The van der Waals surface area contributed by atoms with Crippen molar-refractivity contribution in [2.75, 3.05) is 20.3 Å². The lowest BCUT2D eigenvalue weighted by molar-refractivity contribution is -0.133. The van der Waals surface area contributed by atoms with Crippen molar-refractivity contribution in [3.63, 3.8) is 0 Å². The van der Waals surface area contributed by atoms with E-state index < -0.39 is 0 Å². The lowest BCUT2D eigenvalue weighted by Crippen LogP contribution is -2.48. The second-order valence-electron chi connectivity index (χ2n) is 4.32. The lowest BCUT2D eigenvalue weighted by Gasteiger charge is -2.34. The van der Waals surface area contributed by atoms with E-state index in [0.29, 0.717) is 19.6 Å². The van der Waals surface area contributed by atoms with Gasteiger partial charge in [0.15, 0.2) is 0 Å². The average Bonchev–Trinajstić information content (AvgIpc) is 2.47. The number of carbonyl (C=O) groups excluding carboxylic acids is 1. The van der Waals surface area contributed by atoms with E-state index in [9.17, 15) is 4.79 Å². The highest BCUT2D eigenvalue weighted by atomic mass is 16.5. The molecule has 1 fully saturated rings. The Morgan fingerprint density at radius 2 is 2.36 bits per heavy atom. The van der Waals surface area contributed by atoms with Crippen LogP contribution in [0.4, 0.5) is 0 Å². The van der Waals surface area contributed by atoms with Crippen molar-refractivity contribution in [1.29, 1.82) is 0 Å². The first-order chi connectivity index (χ1) is 6.51. The van der Waals surface area contributed by atoms with Crippen LogP contribution in [-0.2, 0) is 9.53 Å². The van der Waals surface area contributed by atoms with E-state index in [0.717, 1.165) is 0 Å². The van der Waals surface area contributed by atoms with Gasteiger partial charge in [0, 0.05) is 26.0 Å². The van der Waals surface area contributed by atoms with Gasteiger partial charge in [-0.1, -0.05) is 0 Å². The molecule has 1 saturated heterocycles. The van der Waals surface area contributed by atoms with Crippen LogP contribution in [0.25, 0.3) is 0 Å². The van der Waals surface area contributed by atoms with Gasteiger partial charge in [-0.15, -0.1) is 12.3 Å². The molecule has 0 aromatic carbocycles. The number of terminal acetylenes is 1. The summed E-state index contributed by atoms with van der Waals surface area (Å²) in [6.45, 7) is 5.18. The molecule has 0 N–H and O–H groups in total. The Balaban J connectivity index is 2.70. The van der Waals surface area contributed by atoms with Crippen LogP contribution in [0.3, 0.4) is 0 Å². The van der Waals surface area contributed by atoms with E-state index in [4.69, 9.17) is 11.2 Å². The first kappa shape index (κ1) is 11.1. The van der Waals surface area contributed by atoms with E-state index in [1.807, 2.05) is 18.7 Å². The van der Waals surface area contributed by atoms with Crippen LogP contribution >= 0.6 is 0 Å². The third-order valence-corrected chi connectivity index (χ3v) is 2.59. The second kappa shape index (κ2) is 4.02. The first-order valence-electron chi connectivity index (χ1n) is 4.77. The van der Waals surface area contributed by atoms with E-state index in [-0.39, 0.29) is 17.4 Å². The molecule has 1 unspecified atom stereocenters. The summed E-state index contributed by atoms with van der Waals surface area (Å²) >= 11 is 0. The van der Waals surface area contributed by atoms with Gasteiger partial charge < -0.3 is 9.64 Å². The fourth-order valence-electron chi connectivity index (χ4n) is 1.84. The van der Waals surface area contributed by atoms with E-state index in [1.165, 1.54) is 0 Å². The minimum absolute atomic E-state index is 0.0682. The standard InChI is InChI=1S/C11H17NO2/c1-5-9-6-10(13)12(7-9)11(2,3)8-14-4/h1,9H,6-8H2,2-4H3. The maximum atomic E-state index is 11.6. The summed E-state index contributed by atoms with van der Waals surface area (Å²) in [4.78, 5) is 13.5. The van der Waals surface area contributed by atoms with Crippen molar-refractivity contribution in [3.05, 3.63) is 0 Å². The molecule has 0 aliphatic carbocycles. The Morgan fingerprint density at radius 3 is 2.79 bits per heavy atom. The summed E-state index contributed by atoms with van der Waals surface area (Å²) in [5, 5.41) is 0. The summed E-state index contributed by atoms with van der Waals surface area (Å²) < 4.78 is 5.09. The molecule has 78 valence electrons. The highest BCUT2D eigenvalue weighted by Gasteiger charge is 2.37. The van der Waals surface area contributed by atoms with Crippen LogP contribution < -0.4 is 0 Å². The Bertz CT molecular complexity index is 265. The molecule has 0 aromatic heterocycles. The van der Waals surface area contributed by atoms with Crippen molar-refractivity contribution in [3.8, 4) is 12.3 Å². The van der Waals surface area contributed by atoms with E-state index in [2.05, 4.69) is 5.92 Å². The highest BCUT2D eigenvalue weighted by molar-refractivity contribution is 5.80. The number of nitrogens with zero attached hydrogens (tertiary/aromatic N) is 1. The number of hydrogen-bond acceptors (Lipinski definition) is 2. The summed E-state index contributed by atoms with van der Waals surface area (Å²) in [5.41, 5.74) is -0.253. The normalized spacial score (nSPS) is 22.6. The lowest BCUT2D eigenvalue weighted by atomic mass is 10.0. The fraction of sp³-hybridized carbons (Fsp3) is 0.727. The molecule has 3 heteroatoms. The Kier molecular flexibility index (Phi) is 3.17. The SMILES string of the molecule is C#CC1CC(=O)N(C(C)(C)COC)C1. The van der Waals surface area contributed by atoms with Crippen LogP contribution in [0.5, 0.6) is 0 Å². The number of likely N-dealkylation sites (tertiary alicyclic amines) is 1. The maximum absolute atomic E-state index is 11.6. The van der Waals surface area contributed by atoms with Gasteiger partial charge >= 0.3 is 0 Å². The van der Waals surface area contributed by atoms with Gasteiger partial charge in [-0.05, 0) is 13.8 Å². The highest BCUT2D eigenvalue weighted by Crippen LogP contribution is 2.25. The third kappa shape index (κ3) is 2.08. The van der Waals surface area contributed by atoms with Crippen molar-refractivity contribution in [2.45, 2.75) is 25.8 Å². The topological polar surface area (TPSA) is 29.5 Å². The van der Waals surface area contributed by atoms with Gasteiger partial charge in [0.2, 0.25) is 5.91 Å². The monoisotopic (exact) mass is 195 g/mol. The smallest absolute Gasteiger partial charge is 0.224 e. The summed E-state index contributed by atoms with van der Waals surface area (Å²) in [7, 11) is 1.64. The zero-order valence-corrected chi connectivity index (χ0v) is 9.04. The molecule has 1 atom stereocenters. The minimum Gasteiger partial charge on any atom is -0.382 e. The van der Waals surface area contributed by atoms with Crippen LogP contribution in [0.1, 0.15) is 20.3 Å². The number of amides is 1. The molecule has 3 nitrogen and oxygen atoms in total.